The Labute approximate surface area is 121 Å². The molecular weight excluding hydrogens is 254 g/mol. The Morgan fingerprint density at radius 2 is 2.00 bits per heavy atom. The molecule has 3 N–H and O–H groups in total. The summed E-state index contributed by atoms with van der Waals surface area (Å²) in [6, 6.07) is 0. The zero-order valence-corrected chi connectivity index (χ0v) is 12.7. The van der Waals surface area contributed by atoms with Crippen molar-refractivity contribution in [3.63, 3.8) is 0 Å². The molecule has 0 aliphatic carbocycles. The fourth-order valence-electron chi connectivity index (χ4n) is 3.44. The molecule has 2 aliphatic rings. The number of rotatable bonds is 3. The second-order valence-corrected chi connectivity index (χ2v) is 6.76. The number of carbonyl (C=O) groups excluding carboxylic acids is 2. The lowest BCUT2D eigenvalue weighted by Crippen LogP contribution is -2.52. The molecule has 5 heteroatoms. The van der Waals surface area contributed by atoms with Gasteiger partial charge in [0.1, 0.15) is 0 Å². The van der Waals surface area contributed by atoms with Crippen molar-refractivity contribution in [2.24, 2.45) is 23.0 Å². The van der Waals surface area contributed by atoms with E-state index in [1.807, 2.05) is 18.7 Å². The van der Waals surface area contributed by atoms with Crippen LogP contribution in [0.3, 0.4) is 0 Å². The van der Waals surface area contributed by atoms with Crippen molar-refractivity contribution in [3.8, 4) is 0 Å². The van der Waals surface area contributed by atoms with Crippen molar-refractivity contribution in [1.82, 2.24) is 10.2 Å². The summed E-state index contributed by atoms with van der Waals surface area (Å²) in [6.07, 6.45) is 3.91. The summed E-state index contributed by atoms with van der Waals surface area (Å²) in [5.74, 6) is 0.0995. The summed E-state index contributed by atoms with van der Waals surface area (Å²) in [7, 11) is 0. The van der Waals surface area contributed by atoms with E-state index in [-0.39, 0.29) is 23.1 Å². The summed E-state index contributed by atoms with van der Waals surface area (Å²) < 4.78 is 0. The number of amides is 2. The average molecular weight is 281 g/mol. The minimum Gasteiger partial charge on any atom is -0.369 e. The third-order valence-electron chi connectivity index (χ3n) is 4.98. The molecule has 2 fully saturated rings. The van der Waals surface area contributed by atoms with E-state index in [9.17, 15) is 9.59 Å². The standard InChI is InChI=1S/C15H27N3O2/c1-15(2,12-6-3-7-17-9-12)14(20)18-8-4-5-11(10-18)13(16)19/h11-12,17H,3-10H2,1-2H3,(H2,16,19). The van der Waals surface area contributed by atoms with Gasteiger partial charge in [0, 0.05) is 18.5 Å². The van der Waals surface area contributed by atoms with E-state index in [1.54, 1.807) is 0 Å². The maximum Gasteiger partial charge on any atom is 0.228 e. The fraction of sp³-hybridized carbons (Fsp3) is 0.867. The minimum atomic E-state index is -0.368. The van der Waals surface area contributed by atoms with Crippen LogP contribution >= 0.6 is 0 Å². The zero-order valence-electron chi connectivity index (χ0n) is 12.7. The monoisotopic (exact) mass is 281 g/mol. The van der Waals surface area contributed by atoms with Gasteiger partial charge in [-0.1, -0.05) is 13.8 Å². The molecule has 0 aromatic rings. The molecule has 0 aromatic carbocycles. The van der Waals surface area contributed by atoms with E-state index in [1.165, 1.54) is 0 Å². The number of piperidine rings is 2. The quantitative estimate of drug-likeness (QED) is 0.801. The van der Waals surface area contributed by atoms with Crippen LogP contribution in [-0.4, -0.2) is 42.9 Å². The Morgan fingerprint density at radius 1 is 1.25 bits per heavy atom. The predicted octanol–water partition coefficient (Wildman–Crippen LogP) is 0.736. The van der Waals surface area contributed by atoms with Crippen molar-refractivity contribution in [1.29, 1.82) is 0 Å². The molecule has 2 rings (SSSR count). The number of primary amides is 1. The first-order valence-corrected chi connectivity index (χ1v) is 7.72. The van der Waals surface area contributed by atoms with Gasteiger partial charge in [0.25, 0.3) is 0 Å². The first-order chi connectivity index (χ1) is 9.43. The molecule has 2 aliphatic heterocycles. The van der Waals surface area contributed by atoms with Gasteiger partial charge in [-0.05, 0) is 44.7 Å². The van der Waals surface area contributed by atoms with Gasteiger partial charge in [-0.25, -0.2) is 0 Å². The van der Waals surface area contributed by atoms with E-state index in [4.69, 9.17) is 5.73 Å². The Balaban J connectivity index is 2.03. The van der Waals surface area contributed by atoms with Gasteiger partial charge < -0.3 is 16.0 Å². The summed E-state index contributed by atoms with van der Waals surface area (Å²) in [5, 5.41) is 3.38. The second-order valence-electron chi connectivity index (χ2n) is 6.76. The lowest BCUT2D eigenvalue weighted by atomic mass is 9.73. The molecule has 0 spiro atoms. The lowest BCUT2D eigenvalue weighted by Gasteiger charge is -2.41. The summed E-state index contributed by atoms with van der Waals surface area (Å²) in [4.78, 5) is 26.0. The van der Waals surface area contributed by atoms with Crippen LogP contribution in [0.4, 0.5) is 0 Å². The summed E-state index contributed by atoms with van der Waals surface area (Å²) in [6.45, 7) is 7.30. The smallest absolute Gasteiger partial charge is 0.228 e. The number of hydrogen-bond acceptors (Lipinski definition) is 3. The van der Waals surface area contributed by atoms with Crippen molar-refractivity contribution in [3.05, 3.63) is 0 Å². The molecule has 2 atom stereocenters. The Hall–Kier alpha value is -1.10. The first-order valence-electron chi connectivity index (χ1n) is 7.72. The zero-order chi connectivity index (χ0) is 14.8. The molecule has 2 unspecified atom stereocenters. The van der Waals surface area contributed by atoms with Gasteiger partial charge in [-0.3, -0.25) is 9.59 Å². The van der Waals surface area contributed by atoms with Gasteiger partial charge in [-0.15, -0.1) is 0 Å². The highest BCUT2D eigenvalue weighted by atomic mass is 16.2. The van der Waals surface area contributed by atoms with Crippen LogP contribution in [0.25, 0.3) is 0 Å². The number of nitrogens with one attached hydrogen (secondary N) is 1. The SMILES string of the molecule is CC(C)(C(=O)N1CCCC(C(N)=O)C1)C1CCCNC1. The maximum atomic E-state index is 12.8. The van der Waals surface area contributed by atoms with Crippen molar-refractivity contribution >= 4 is 11.8 Å². The summed E-state index contributed by atoms with van der Waals surface area (Å²) >= 11 is 0. The van der Waals surface area contributed by atoms with Crippen LogP contribution in [0.2, 0.25) is 0 Å². The van der Waals surface area contributed by atoms with Gasteiger partial charge in [0.05, 0.1) is 5.92 Å². The predicted molar refractivity (Wildman–Crippen MR) is 77.9 cm³/mol. The summed E-state index contributed by atoms with van der Waals surface area (Å²) in [5.41, 5.74) is 5.03. The van der Waals surface area contributed by atoms with E-state index >= 15 is 0 Å². The lowest BCUT2D eigenvalue weighted by molar-refractivity contribution is -0.146. The highest BCUT2D eigenvalue weighted by Gasteiger charge is 2.41. The molecule has 2 saturated heterocycles. The topological polar surface area (TPSA) is 75.4 Å². The van der Waals surface area contributed by atoms with Gasteiger partial charge in [0.15, 0.2) is 0 Å². The number of carbonyl (C=O) groups is 2. The van der Waals surface area contributed by atoms with Crippen molar-refractivity contribution in [2.45, 2.75) is 39.5 Å². The Morgan fingerprint density at radius 3 is 2.60 bits per heavy atom. The molecule has 2 heterocycles. The van der Waals surface area contributed by atoms with Crippen LogP contribution < -0.4 is 11.1 Å². The average Bonchev–Trinajstić information content (AvgIpc) is 2.47. The molecule has 5 nitrogen and oxygen atoms in total. The first kappa shape index (κ1) is 15.3. The van der Waals surface area contributed by atoms with E-state index < -0.39 is 0 Å². The van der Waals surface area contributed by atoms with Gasteiger partial charge in [-0.2, -0.15) is 0 Å². The number of nitrogens with two attached hydrogens (primary N) is 1. The normalized spacial score (nSPS) is 28.2. The van der Waals surface area contributed by atoms with Crippen LogP contribution in [0.15, 0.2) is 0 Å². The number of hydrogen-bond donors (Lipinski definition) is 2. The van der Waals surface area contributed by atoms with E-state index in [0.717, 1.165) is 45.3 Å². The van der Waals surface area contributed by atoms with Crippen LogP contribution in [0.1, 0.15) is 39.5 Å². The third-order valence-corrected chi connectivity index (χ3v) is 4.98. The molecule has 2 amide bonds. The Bertz CT molecular complexity index is 375. The van der Waals surface area contributed by atoms with Crippen LogP contribution in [-0.2, 0) is 9.59 Å². The minimum absolute atomic E-state index is 0.173. The highest BCUT2D eigenvalue weighted by Crippen LogP contribution is 2.34. The molecule has 20 heavy (non-hydrogen) atoms. The maximum absolute atomic E-state index is 12.8. The Kier molecular flexibility index (Phi) is 4.68. The van der Waals surface area contributed by atoms with Crippen molar-refractivity contribution < 1.29 is 9.59 Å². The molecule has 114 valence electrons. The molecule has 0 saturated carbocycles. The number of likely N-dealkylation sites (tertiary alicyclic amines) is 1. The molecule has 0 aromatic heterocycles. The molecule has 0 bridgehead atoms. The van der Waals surface area contributed by atoms with Crippen LogP contribution in [0.5, 0.6) is 0 Å². The molecular formula is C15H27N3O2. The van der Waals surface area contributed by atoms with E-state index in [2.05, 4.69) is 5.32 Å². The third kappa shape index (κ3) is 3.14. The molecule has 0 radical (unpaired) electrons. The largest absolute Gasteiger partial charge is 0.369 e. The van der Waals surface area contributed by atoms with Crippen LogP contribution in [0, 0.1) is 17.3 Å². The van der Waals surface area contributed by atoms with E-state index in [0.29, 0.717) is 12.5 Å². The highest BCUT2D eigenvalue weighted by molar-refractivity contribution is 5.84. The number of nitrogens with zero attached hydrogens (tertiary/aromatic N) is 1. The van der Waals surface area contributed by atoms with Gasteiger partial charge in [0.2, 0.25) is 11.8 Å². The van der Waals surface area contributed by atoms with Gasteiger partial charge >= 0.3 is 0 Å². The van der Waals surface area contributed by atoms with Crippen molar-refractivity contribution in [2.75, 3.05) is 26.2 Å². The fourth-order valence-corrected chi connectivity index (χ4v) is 3.44. The second kappa shape index (κ2) is 6.12.